The zero-order valence-corrected chi connectivity index (χ0v) is 21.0. The normalized spacial score (nSPS) is 20.9. The van der Waals surface area contributed by atoms with E-state index in [4.69, 9.17) is 0 Å². The highest BCUT2D eigenvalue weighted by molar-refractivity contribution is 5.15. The Balaban J connectivity index is 0.000000181. The van der Waals surface area contributed by atoms with Gasteiger partial charge in [-0.1, -0.05) is 88.4 Å². The minimum Gasteiger partial charge on any atom is -0.299 e. The molecule has 2 aromatic carbocycles. The quantitative estimate of drug-likeness (QED) is 0.478. The van der Waals surface area contributed by atoms with Crippen LogP contribution in [0.25, 0.3) is 0 Å². The van der Waals surface area contributed by atoms with E-state index in [0.29, 0.717) is 0 Å². The Hall–Kier alpha value is -1.64. The van der Waals surface area contributed by atoms with Gasteiger partial charge in [0.25, 0.3) is 0 Å². The maximum atomic E-state index is 2.61. The number of rotatable bonds is 6. The fourth-order valence-corrected chi connectivity index (χ4v) is 5.24. The number of hydrogen-bond acceptors (Lipinski definition) is 2. The zero-order valence-electron chi connectivity index (χ0n) is 21.0. The molecule has 2 aliphatic heterocycles. The van der Waals surface area contributed by atoms with Gasteiger partial charge in [0, 0.05) is 19.6 Å². The van der Waals surface area contributed by atoms with Gasteiger partial charge in [0.15, 0.2) is 0 Å². The van der Waals surface area contributed by atoms with Crippen LogP contribution >= 0.6 is 0 Å². The van der Waals surface area contributed by atoms with Crippen molar-refractivity contribution in [2.24, 2.45) is 23.7 Å². The number of benzene rings is 2. The van der Waals surface area contributed by atoms with E-state index < -0.39 is 0 Å². The first-order valence-electron chi connectivity index (χ1n) is 13.0. The highest BCUT2D eigenvalue weighted by Crippen LogP contribution is 2.25. The topological polar surface area (TPSA) is 6.48 Å². The Labute approximate surface area is 198 Å². The number of hydrogen-bond donors (Lipinski definition) is 0. The molecule has 0 bridgehead atoms. The molecule has 4 rings (SSSR count). The number of nitrogens with zero attached hydrogens (tertiary/aromatic N) is 2. The molecule has 1 unspecified atom stereocenters. The Morgan fingerprint density at radius 1 is 0.625 bits per heavy atom. The molecule has 0 N–H and O–H groups in total. The largest absolute Gasteiger partial charge is 0.299 e. The molecule has 0 saturated carbocycles. The molecule has 2 fully saturated rings. The maximum Gasteiger partial charge on any atom is 0.0233 e. The molecule has 0 aromatic heterocycles. The van der Waals surface area contributed by atoms with Crippen LogP contribution in [0.2, 0.25) is 0 Å². The summed E-state index contributed by atoms with van der Waals surface area (Å²) in [6.07, 6.45) is 5.55. The Kier molecular flexibility index (Phi) is 10.3. The van der Waals surface area contributed by atoms with E-state index in [0.717, 1.165) is 36.8 Å². The molecule has 2 aromatic rings. The smallest absolute Gasteiger partial charge is 0.0233 e. The molecule has 176 valence electrons. The van der Waals surface area contributed by atoms with Crippen LogP contribution in [-0.2, 0) is 13.1 Å². The molecule has 2 heterocycles. The van der Waals surface area contributed by atoms with E-state index in [1.807, 2.05) is 0 Å². The van der Waals surface area contributed by atoms with Crippen molar-refractivity contribution in [2.45, 2.75) is 66.5 Å². The molecule has 2 saturated heterocycles. The van der Waals surface area contributed by atoms with E-state index in [9.17, 15) is 0 Å². The van der Waals surface area contributed by atoms with Crippen molar-refractivity contribution in [1.82, 2.24) is 9.80 Å². The Morgan fingerprint density at radius 3 is 1.62 bits per heavy atom. The molecule has 2 heteroatoms. The minimum absolute atomic E-state index is 0.832. The molecule has 2 aliphatic rings. The summed E-state index contributed by atoms with van der Waals surface area (Å²) in [7, 11) is 0. The van der Waals surface area contributed by atoms with Crippen LogP contribution in [0.1, 0.15) is 64.5 Å². The second kappa shape index (κ2) is 13.2. The van der Waals surface area contributed by atoms with Crippen LogP contribution in [0, 0.1) is 23.7 Å². The second-order valence-electron chi connectivity index (χ2n) is 10.7. The van der Waals surface area contributed by atoms with Gasteiger partial charge in [0.05, 0.1) is 0 Å². The highest BCUT2D eigenvalue weighted by Gasteiger charge is 2.22. The van der Waals surface area contributed by atoms with Crippen molar-refractivity contribution in [2.75, 3.05) is 26.2 Å². The van der Waals surface area contributed by atoms with E-state index in [1.165, 1.54) is 63.0 Å². The van der Waals surface area contributed by atoms with E-state index in [1.54, 1.807) is 0 Å². The van der Waals surface area contributed by atoms with Gasteiger partial charge < -0.3 is 0 Å². The monoisotopic (exact) mass is 434 g/mol. The molecule has 0 aliphatic carbocycles. The fraction of sp³-hybridized carbons (Fsp3) is 0.600. The number of piperidine rings is 2. The van der Waals surface area contributed by atoms with Crippen molar-refractivity contribution < 1.29 is 0 Å². The molecule has 0 spiro atoms. The molecule has 32 heavy (non-hydrogen) atoms. The first kappa shape index (κ1) is 25.0. The standard InChI is InChI=1S/2C15H23N/c1-13(2)15-9-6-10-16(12-15)11-14-7-4-3-5-8-14;1-13(2)15-8-10-16(11-9-15)12-14-6-4-3-5-7-14/h3-5,7-8,13,15H,6,9-12H2,1-2H3;3-7,13,15H,8-12H2,1-2H3. The zero-order chi connectivity index (χ0) is 22.8. The van der Waals surface area contributed by atoms with Crippen LogP contribution in [0.5, 0.6) is 0 Å². The van der Waals surface area contributed by atoms with Crippen molar-refractivity contribution in [3.63, 3.8) is 0 Å². The Bertz CT molecular complexity index is 732. The van der Waals surface area contributed by atoms with Gasteiger partial charge in [0.2, 0.25) is 0 Å². The minimum atomic E-state index is 0.832. The van der Waals surface area contributed by atoms with Crippen molar-refractivity contribution in [3.8, 4) is 0 Å². The van der Waals surface area contributed by atoms with Crippen molar-refractivity contribution >= 4 is 0 Å². The van der Waals surface area contributed by atoms with Gasteiger partial charge in [-0.2, -0.15) is 0 Å². The predicted octanol–water partition coefficient (Wildman–Crippen LogP) is 7.11. The molecular weight excluding hydrogens is 388 g/mol. The lowest BCUT2D eigenvalue weighted by Crippen LogP contribution is -2.36. The summed E-state index contributed by atoms with van der Waals surface area (Å²) < 4.78 is 0. The Morgan fingerprint density at radius 2 is 1.12 bits per heavy atom. The third-order valence-electron chi connectivity index (χ3n) is 7.56. The van der Waals surface area contributed by atoms with Crippen LogP contribution < -0.4 is 0 Å². The average molecular weight is 435 g/mol. The summed E-state index contributed by atoms with van der Waals surface area (Å²) in [4.78, 5) is 5.21. The highest BCUT2D eigenvalue weighted by atomic mass is 15.1. The van der Waals surface area contributed by atoms with E-state index in [-0.39, 0.29) is 0 Å². The number of likely N-dealkylation sites (tertiary alicyclic amines) is 2. The maximum absolute atomic E-state index is 2.61. The summed E-state index contributed by atoms with van der Waals surface area (Å²) >= 11 is 0. The third kappa shape index (κ3) is 8.37. The summed E-state index contributed by atoms with van der Waals surface area (Å²) in [5, 5.41) is 0. The summed E-state index contributed by atoms with van der Waals surface area (Å²) in [5.41, 5.74) is 2.90. The van der Waals surface area contributed by atoms with Gasteiger partial charge in [-0.3, -0.25) is 9.80 Å². The SMILES string of the molecule is CC(C)C1CCCN(Cc2ccccc2)C1.CC(C)C1CCN(Cc2ccccc2)CC1. The van der Waals surface area contributed by atoms with Crippen molar-refractivity contribution in [3.05, 3.63) is 71.8 Å². The van der Waals surface area contributed by atoms with Gasteiger partial charge in [0.1, 0.15) is 0 Å². The lowest BCUT2D eigenvalue weighted by Gasteiger charge is -2.34. The van der Waals surface area contributed by atoms with Crippen LogP contribution in [0.15, 0.2) is 60.7 Å². The van der Waals surface area contributed by atoms with Crippen LogP contribution in [0.3, 0.4) is 0 Å². The molecule has 0 radical (unpaired) electrons. The fourth-order valence-electron chi connectivity index (χ4n) is 5.24. The van der Waals surface area contributed by atoms with Gasteiger partial charge >= 0.3 is 0 Å². The van der Waals surface area contributed by atoms with E-state index in [2.05, 4.69) is 98.2 Å². The molecule has 0 amide bonds. The van der Waals surface area contributed by atoms with Crippen LogP contribution in [0.4, 0.5) is 0 Å². The predicted molar refractivity (Wildman–Crippen MR) is 139 cm³/mol. The lowest BCUT2D eigenvalue weighted by atomic mass is 9.86. The second-order valence-corrected chi connectivity index (χ2v) is 10.7. The average Bonchev–Trinajstić information content (AvgIpc) is 2.81. The van der Waals surface area contributed by atoms with Gasteiger partial charge in [-0.15, -0.1) is 0 Å². The third-order valence-corrected chi connectivity index (χ3v) is 7.56. The molecule has 1 atom stereocenters. The lowest BCUT2D eigenvalue weighted by molar-refractivity contribution is 0.139. The summed E-state index contributed by atoms with van der Waals surface area (Å²) in [5.74, 6) is 3.54. The van der Waals surface area contributed by atoms with E-state index >= 15 is 0 Å². The molecule has 2 nitrogen and oxygen atoms in total. The van der Waals surface area contributed by atoms with Gasteiger partial charge in [-0.25, -0.2) is 0 Å². The van der Waals surface area contributed by atoms with Crippen molar-refractivity contribution in [1.29, 1.82) is 0 Å². The summed E-state index contributed by atoms with van der Waals surface area (Å²) in [6, 6.07) is 21.7. The summed E-state index contributed by atoms with van der Waals surface area (Å²) in [6.45, 7) is 16.8. The first-order valence-corrected chi connectivity index (χ1v) is 13.0. The molecular formula is C30H46N2. The first-order chi connectivity index (χ1) is 15.5. The van der Waals surface area contributed by atoms with Crippen LogP contribution in [-0.4, -0.2) is 36.0 Å². The van der Waals surface area contributed by atoms with Gasteiger partial charge in [-0.05, 0) is 80.1 Å².